The Kier molecular flexibility index (Phi) is 4.93. The minimum absolute atomic E-state index is 0.0550. The molecule has 2 N–H and O–H groups in total. The van der Waals surface area contributed by atoms with E-state index < -0.39 is 30.1 Å². The lowest BCUT2D eigenvalue weighted by Crippen LogP contribution is -2.41. The molecule has 23 heavy (non-hydrogen) atoms. The number of aromatic hydroxyl groups is 1. The molecule has 0 bridgehead atoms. The fourth-order valence-electron chi connectivity index (χ4n) is 2.46. The zero-order chi connectivity index (χ0) is 17.6. The average molecular weight is 361 g/mol. The van der Waals surface area contributed by atoms with Crippen LogP contribution in [0.3, 0.4) is 0 Å². The Morgan fingerprint density at radius 3 is 2.22 bits per heavy atom. The topological polar surface area (TPSA) is 76.0 Å². The summed E-state index contributed by atoms with van der Waals surface area (Å²) in [5.41, 5.74) is -0.942. The molecule has 1 aromatic carbocycles. The van der Waals surface area contributed by atoms with Gasteiger partial charge in [-0.15, -0.1) is 0 Å². The molecule has 0 saturated carbocycles. The second-order valence-corrected chi connectivity index (χ2v) is 7.50. The molecule has 1 unspecified atom stereocenters. The predicted octanol–water partition coefficient (Wildman–Crippen LogP) is 3.89. The van der Waals surface area contributed by atoms with Crippen molar-refractivity contribution in [1.82, 2.24) is 0 Å². The van der Waals surface area contributed by atoms with Crippen molar-refractivity contribution in [3.63, 3.8) is 0 Å². The average Bonchev–Trinajstić information content (AvgIpc) is 2.60. The van der Waals surface area contributed by atoms with Gasteiger partial charge in [-0.25, -0.2) is 0 Å². The maximum atomic E-state index is 11.3. The van der Waals surface area contributed by atoms with E-state index in [1.165, 1.54) is 12.1 Å². The van der Waals surface area contributed by atoms with Crippen LogP contribution in [-0.4, -0.2) is 34.5 Å². The first-order chi connectivity index (χ1) is 10.4. The second-order valence-electron chi connectivity index (χ2n) is 6.65. The molecule has 1 saturated heterocycles. The molecule has 5 nitrogen and oxygen atoms in total. The Hall–Kier alpha value is -0.945. The summed E-state index contributed by atoms with van der Waals surface area (Å²) in [6, 6.07) is 2.88. The van der Waals surface area contributed by atoms with Gasteiger partial charge in [-0.1, -0.05) is 23.2 Å². The number of carboxylic acids is 1. The standard InChI is InChI=1S/C15H19BCl2O5/c1-14(2)15(3,4)23-16(22-14)10(7-12(19)20)9-5-8(17)6-11(18)13(9)21/h5-6,10,21H,7H2,1-4H3,(H,19,20). The van der Waals surface area contributed by atoms with E-state index >= 15 is 0 Å². The number of phenols is 1. The van der Waals surface area contributed by atoms with Gasteiger partial charge in [-0.3, -0.25) is 4.79 Å². The van der Waals surface area contributed by atoms with Crippen LogP contribution in [0.4, 0.5) is 0 Å². The molecule has 1 aliphatic heterocycles. The minimum Gasteiger partial charge on any atom is -0.506 e. The SMILES string of the molecule is CC1(C)OB(C(CC(=O)O)c2cc(Cl)cc(Cl)c2O)OC1(C)C. The molecule has 0 aromatic heterocycles. The van der Waals surface area contributed by atoms with Crippen LogP contribution in [0, 0.1) is 0 Å². The molecule has 126 valence electrons. The van der Waals surface area contributed by atoms with Crippen LogP contribution in [0.5, 0.6) is 5.75 Å². The Labute approximate surface area is 145 Å². The molecule has 0 spiro atoms. The Balaban J connectivity index is 2.46. The van der Waals surface area contributed by atoms with Crippen LogP contribution in [-0.2, 0) is 14.1 Å². The van der Waals surface area contributed by atoms with Crippen molar-refractivity contribution < 1.29 is 24.3 Å². The zero-order valence-corrected chi connectivity index (χ0v) is 14.9. The van der Waals surface area contributed by atoms with E-state index in [9.17, 15) is 15.0 Å². The summed E-state index contributed by atoms with van der Waals surface area (Å²) < 4.78 is 11.9. The largest absolute Gasteiger partial charge is 0.506 e. The molecular formula is C15H19BCl2O5. The molecular weight excluding hydrogens is 342 g/mol. The second kappa shape index (κ2) is 6.17. The summed E-state index contributed by atoms with van der Waals surface area (Å²) >= 11 is 12.0. The molecule has 1 atom stereocenters. The summed E-state index contributed by atoms with van der Waals surface area (Å²) in [4.78, 5) is 11.3. The van der Waals surface area contributed by atoms with E-state index in [4.69, 9.17) is 32.5 Å². The molecule has 1 aromatic rings. The molecule has 0 amide bonds. The van der Waals surface area contributed by atoms with Crippen molar-refractivity contribution in [2.45, 2.75) is 51.1 Å². The number of hydrogen-bond donors (Lipinski definition) is 2. The van der Waals surface area contributed by atoms with E-state index in [1.807, 2.05) is 27.7 Å². The van der Waals surface area contributed by atoms with Crippen molar-refractivity contribution in [1.29, 1.82) is 0 Å². The van der Waals surface area contributed by atoms with E-state index in [1.54, 1.807) is 0 Å². The van der Waals surface area contributed by atoms with Gasteiger partial charge in [-0.05, 0) is 45.4 Å². The predicted molar refractivity (Wildman–Crippen MR) is 89.2 cm³/mol. The summed E-state index contributed by atoms with van der Waals surface area (Å²) in [5, 5.41) is 19.8. The monoisotopic (exact) mass is 360 g/mol. The maximum absolute atomic E-state index is 11.3. The highest BCUT2D eigenvalue weighted by atomic mass is 35.5. The lowest BCUT2D eigenvalue weighted by Gasteiger charge is -2.32. The van der Waals surface area contributed by atoms with Gasteiger partial charge in [0.2, 0.25) is 0 Å². The van der Waals surface area contributed by atoms with Crippen molar-refractivity contribution in [2.24, 2.45) is 0 Å². The Bertz CT molecular complexity index is 617. The molecule has 1 aliphatic rings. The number of halogens is 2. The van der Waals surface area contributed by atoms with Gasteiger partial charge < -0.3 is 19.5 Å². The number of hydrogen-bond acceptors (Lipinski definition) is 4. The Morgan fingerprint density at radius 1 is 1.22 bits per heavy atom. The van der Waals surface area contributed by atoms with Crippen molar-refractivity contribution in [2.75, 3.05) is 0 Å². The lowest BCUT2D eigenvalue weighted by atomic mass is 9.66. The van der Waals surface area contributed by atoms with Crippen LogP contribution >= 0.6 is 23.2 Å². The lowest BCUT2D eigenvalue weighted by molar-refractivity contribution is -0.137. The van der Waals surface area contributed by atoms with Gasteiger partial charge in [0, 0.05) is 10.8 Å². The highest BCUT2D eigenvalue weighted by Crippen LogP contribution is 2.45. The molecule has 0 aliphatic carbocycles. The quantitative estimate of drug-likeness (QED) is 0.796. The van der Waals surface area contributed by atoms with Crippen molar-refractivity contribution >= 4 is 36.3 Å². The third-order valence-electron chi connectivity index (χ3n) is 4.45. The van der Waals surface area contributed by atoms with E-state index in [0.29, 0.717) is 10.6 Å². The summed E-state index contributed by atoms with van der Waals surface area (Å²) in [7, 11) is -0.837. The smallest absolute Gasteiger partial charge is 0.466 e. The van der Waals surface area contributed by atoms with E-state index in [0.717, 1.165) is 0 Å². The third kappa shape index (κ3) is 3.60. The first-order valence-electron chi connectivity index (χ1n) is 7.20. The van der Waals surface area contributed by atoms with Gasteiger partial charge in [0.1, 0.15) is 5.75 Å². The molecule has 2 rings (SSSR count). The van der Waals surface area contributed by atoms with Crippen molar-refractivity contribution in [3.05, 3.63) is 27.7 Å². The zero-order valence-electron chi connectivity index (χ0n) is 13.4. The van der Waals surface area contributed by atoms with Crippen molar-refractivity contribution in [3.8, 4) is 5.75 Å². The van der Waals surface area contributed by atoms with Crippen LogP contribution < -0.4 is 0 Å². The summed E-state index contributed by atoms with van der Waals surface area (Å²) in [6.45, 7) is 7.48. The van der Waals surface area contributed by atoms with Crippen LogP contribution in [0.2, 0.25) is 10.0 Å². The fraction of sp³-hybridized carbons (Fsp3) is 0.533. The van der Waals surface area contributed by atoms with E-state index in [2.05, 4.69) is 0 Å². The molecule has 1 fully saturated rings. The fourth-order valence-corrected chi connectivity index (χ4v) is 2.97. The number of benzene rings is 1. The van der Waals surface area contributed by atoms with Gasteiger partial charge >= 0.3 is 13.1 Å². The number of aliphatic carboxylic acids is 1. The van der Waals surface area contributed by atoms with Gasteiger partial charge in [0.25, 0.3) is 0 Å². The number of phenolic OH excluding ortho intramolecular Hbond substituents is 1. The third-order valence-corrected chi connectivity index (χ3v) is 4.96. The van der Waals surface area contributed by atoms with Crippen LogP contribution in [0.25, 0.3) is 0 Å². The maximum Gasteiger partial charge on any atom is 0.466 e. The number of carbonyl (C=O) groups is 1. The highest BCUT2D eigenvalue weighted by molar-refractivity contribution is 6.48. The van der Waals surface area contributed by atoms with Crippen LogP contribution in [0.1, 0.15) is 45.5 Å². The van der Waals surface area contributed by atoms with Crippen LogP contribution in [0.15, 0.2) is 12.1 Å². The summed E-state index contributed by atoms with van der Waals surface area (Å²) in [5.74, 6) is -2.00. The summed E-state index contributed by atoms with van der Waals surface area (Å²) in [6.07, 6.45) is -0.291. The highest BCUT2D eigenvalue weighted by Gasteiger charge is 2.54. The number of rotatable bonds is 4. The van der Waals surface area contributed by atoms with Gasteiger partial charge in [0.05, 0.1) is 22.6 Å². The molecule has 0 radical (unpaired) electrons. The first-order valence-corrected chi connectivity index (χ1v) is 7.95. The molecule has 1 heterocycles. The Morgan fingerprint density at radius 2 is 1.74 bits per heavy atom. The van der Waals surface area contributed by atoms with Gasteiger partial charge in [-0.2, -0.15) is 0 Å². The van der Waals surface area contributed by atoms with Gasteiger partial charge in [0.15, 0.2) is 0 Å². The first kappa shape index (κ1) is 18.4. The molecule has 8 heteroatoms. The normalized spacial score (nSPS) is 20.5. The minimum atomic E-state index is -1.04. The van der Waals surface area contributed by atoms with E-state index in [-0.39, 0.29) is 17.2 Å². The number of carboxylic acid groups (broad SMARTS) is 1.